The van der Waals surface area contributed by atoms with Gasteiger partial charge in [0, 0.05) is 60.3 Å². The van der Waals surface area contributed by atoms with Gasteiger partial charge in [-0.2, -0.15) is 0 Å². The fourth-order valence-corrected chi connectivity index (χ4v) is 4.58. The highest BCUT2D eigenvalue weighted by Gasteiger charge is 2.26. The number of rotatable bonds is 9. The van der Waals surface area contributed by atoms with E-state index in [0.717, 1.165) is 43.0 Å². The number of pyridine rings is 1. The van der Waals surface area contributed by atoms with Gasteiger partial charge in [-0.05, 0) is 25.3 Å². The highest BCUT2D eigenvalue weighted by atomic mass is 32.2. The first kappa shape index (κ1) is 21.6. The Bertz CT molecular complexity index is 627. The van der Waals surface area contributed by atoms with Crippen LogP contribution >= 0.6 is 0 Å². The maximum Gasteiger partial charge on any atom is 0.218 e. The van der Waals surface area contributed by atoms with Gasteiger partial charge in [-0.1, -0.05) is 19.4 Å². The number of methoxy groups -OCH3 is 1. The highest BCUT2D eigenvalue weighted by molar-refractivity contribution is 7.85. The Morgan fingerprint density at radius 2 is 2.26 bits per heavy atom. The minimum atomic E-state index is -0.727. The fraction of sp³-hybridized carbons (Fsp3) is 0.684. The van der Waals surface area contributed by atoms with Crippen LogP contribution < -0.4 is 15.4 Å². The average molecular weight is 397 g/mol. The molecule has 3 atom stereocenters. The summed E-state index contributed by atoms with van der Waals surface area (Å²) < 4.78 is 22.8. The molecule has 0 aliphatic heterocycles. The lowest BCUT2D eigenvalue weighted by atomic mass is 9.95. The molecule has 1 aliphatic rings. The lowest BCUT2D eigenvalue weighted by Gasteiger charge is -2.30. The van der Waals surface area contributed by atoms with E-state index in [9.17, 15) is 4.21 Å². The van der Waals surface area contributed by atoms with Crippen LogP contribution in [-0.4, -0.2) is 59.6 Å². The molecule has 0 radical (unpaired) electrons. The van der Waals surface area contributed by atoms with E-state index in [2.05, 4.69) is 20.6 Å². The molecule has 2 rings (SSSR count). The van der Waals surface area contributed by atoms with Gasteiger partial charge >= 0.3 is 0 Å². The van der Waals surface area contributed by atoms with Crippen LogP contribution in [0.5, 0.6) is 5.88 Å². The largest absolute Gasteiger partial charge is 0.475 e. The summed E-state index contributed by atoms with van der Waals surface area (Å²) in [5.74, 6) is 2.08. The van der Waals surface area contributed by atoms with Crippen molar-refractivity contribution in [3.8, 4) is 5.88 Å². The fourth-order valence-electron chi connectivity index (χ4n) is 3.23. The Hall–Kier alpha value is -1.67. The molecule has 1 aromatic heterocycles. The number of nitrogens with one attached hydrogen (secondary N) is 2. The second-order valence-electron chi connectivity index (χ2n) is 6.53. The first-order valence-corrected chi connectivity index (χ1v) is 11.0. The molecular weight excluding hydrogens is 364 g/mol. The van der Waals surface area contributed by atoms with Crippen molar-refractivity contribution in [2.75, 3.05) is 33.1 Å². The van der Waals surface area contributed by atoms with Crippen LogP contribution in [0, 0.1) is 0 Å². The van der Waals surface area contributed by atoms with Crippen LogP contribution in [0.3, 0.4) is 0 Å². The molecule has 2 N–H and O–H groups in total. The molecule has 1 fully saturated rings. The van der Waals surface area contributed by atoms with Crippen molar-refractivity contribution in [1.82, 2.24) is 15.6 Å². The predicted octanol–water partition coefficient (Wildman–Crippen LogP) is 1.85. The molecule has 1 aliphatic carbocycles. The topological polar surface area (TPSA) is 84.8 Å². The van der Waals surface area contributed by atoms with Crippen LogP contribution in [0.4, 0.5) is 0 Å². The van der Waals surface area contributed by atoms with Gasteiger partial charge < -0.3 is 20.1 Å². The molecule has 7 nitrogen and oxygen atoms in total. The minimum absolute atomic E-state index is 0.290. The maximum atomic E-state index is 12.1. The van der Waals surface area contributed by atoms with Crippen molar-refractivity contribution in [3.63, 3.8) is 0 Å². The standard InChI is InChI=1S/C19H32N4O3S/c1-4-27(24)17-9-5-8-16(13-17)23-19(20-2)22-14-15-7-6-10-21-18(15)26-12-11-25-3/h6-7,10,16-17H,4-5,8-9,11-14H2,1-3H3,(H2,20,22,23). The molecule has 1 saturated carbocycles. The first-order chi connectivity index (χ1) is 13.2. The average Bonchev–Trinajstić information content (AvgIpc) is 2.71. The van der Waals surface area contributed by atoms with Gasteiger partial charge in [0.05, 0.1) is 6.61 Å². The lowest BCUT2D eigenvalue weighted by Crippen LogP contribution is -2.46. The number of hydrogen-bond donors (Lipinski definition) is 2. The molecule has 1 aromatic rings. The van der Waals surface area contributed by atoms with Gasteiger partial charge in [-0.15, -0.1) is 0 Å². The summed E-state index contributed by atoms with van der Waals surface area (Å²) in [6, 6.07) is 4.18. The Morgan fingerprint density at radius 3 is 3.00 bits per heavy atom. The number of aromatic nitrogens is 1. The molecule has 0 bridgehead atoms. The third kappa shape index (κ3) is 7.10. The van der Waals surface area contributed by atoms with Crippen molar-refractivity contribution in [2.45, 2.75) is 50.4 Å². The molecule has 152 valence electrons. The van der Waals surface area contributed by atoms with Gasteiger partial charge in [0.15, 0.2) is 5.96 Å². The predicted molar refractivity (Wildman–Crippen MR) is 110 cm³/mol. The Kier molecular flexibility index (Phi) is 9.55. The van der Waals surface area contributed by atoms with Crippen LogP contribution in [0.25, 0.3) is 0 Å². The van der Waals surface area contributed by atoms with E-state index in [0.29, 0.717) is 36.9 Å². The molecule has 0 aromatic carbocycles. The smallest absolute Gasteiger partial charge is 0.218 e. The summed E-state index contributed by atoms with van der Waals surface area (Å²) in [4.78, 5) is 8.63. The molecule has 0 saturated heterocycles. The van der Waals surface area contributed by atoms with Gasteiger partial charge in [0.2, 0.25) is 5.88 Å². The normalized spacial score (nSPS) is 21.5. The molecular formula is C19H32N4O3S. The molecule has 8 heteroatoms. The number of hydrogen-bond acceptors (Lipinski definition) is 5. The van der Waals surface area contributed by atoms with Crippen LogP contribution in [0.1, 0.15) is 38.2 Å². The van der Waals surface area contributed by atoms with E-state index in [-0.39, 0.29) is 0 Å². The second-order valence-corrected chi connectivity index (χ2v) is 8.54. The van der Waals surface area contributed by atoms with E-state index < -0.39 is 10.8 Å². The summed E-state index contributed by atoms with van der Waals surface area (Å²) in [6.07, 6.45) is 5.89. The Morgan fingerprint density at radius 1 is 1.41 bits per heavy atom. The van der Waals surface area contributed by atoms with Crippen molar-refractivity contribution >= 4 is 16.8 Å². The Balaban J connectivity index is 1.88. The summed E-state index contributed by atoms with van der Waals surface area (Å²) >= 11 is 0. The number of nitrogens with zero attached hydrogens (tertiary/aromatic N) is 2. The first-order valence-electron chi connectivity index (χ1n) is 9.57. The second kappa shape index (κ2) is 11.9. The van der Waals surface area contributed by atoms with E-state index in [1.807, 2.05) is 19.1 Å². The van der Waals surface area contributed by atoms with Crippen molar-refractivity contribution in [2.24, 2.45) is 4.99 Å². The van der Waals surface area contributed by atoms with Gasteiger partial charge in [0.1, 0.15) is 6.61 Å². The zero-order chi connectivity index (χ0) is 19.5. The van der Waals surface area contributed by atoms with E-state index >= 15 is 0 Å². The highest BCUT2D eigenvalue weighted by Crippen LogP contribution is 2.23. The van der Waals surface area contributed by atoms with Gasteiger partial charge in [-0.3, -0.25) is 9.20 Å². The van der Waals surface area contributed by atoms with Gasteiger partial charge in [0.25, 0.3) is 0 Å². The third-order valence-corrected chi connectivity index (χ3v) is 6.41. The molecule has 0 amide bonds. The number of aliphatic imine (C=N–C) groups is 1. The van der Waals surface area contributed by atoms with E-state index in [1.165, 1.54) is 0 Å². The lowest BCUT2D eigenvalue weighted by molar-refractivity contribution is 0.143. The summed E-state index contributed by atoms with van der Waals surface area (Å²) in [7, 11) is 2.68. The van der Waals surface area contributed by atoms with Gasteiger partial charge in [-0.25, -0.2) is 4.98 Å². The molecule has 3 unspecified atom stereocenters. The zero-order valence-corrected chi connectivity index (χ0v) is 17.4. The maximum absolute atomic E-state index is 12.1. The van der Waals surface area contributed by atoms with Crippen molar-refractivity contribution in [3.05, 3.63) is 23.9 Å². The van der Waals surface area contributed by atoms with Crippen molar-refractivity contribution < 1.29 is 13.7 Å². The number of ether oxygens (including phenoxy) is 2. The molecule has 0 spiro atoms. The quantitative estimate of drug-likeness (QED) is 0.376. The summed E-state index contributed by atoms with van der Waals surface area (Å²) in [5.41, 5.74) is 0.963. The van der Waals surface area contributed by atoms with Crippen LogP contribution in [0.2, 0.25) is 0 Å². The minimum Gasteiger partial charge on any atom is -0.475 e. The zero-order valence-electron chi connectivity index (χ0n) is 16.6. The molecule has 27 heavy (non-hydrogen) atoms. The van der Waals surface area contributed by atoms with E-state index in [4.69, 9.17) is 9.47 Å². The monoisotopic (exact) mass is 396 g/mol. The molecule has 1 heterocycles. The van der Waals surface area contributed by atoms with Crippen LogP contribution in [0.15, 0.2) is 23.3 Å². The summed E-state index contributed by atoms with van der Waals surface area (Å²) in [6.45, 7) is 3.54. The Labute approximate surface area is 164 Å². The summed E-state index contributed by atoms with van der Waals surface area (Å²) in [5, 5.41) is 7.10. The SMILES string of the molecule is CCS(=O)C1CCCC(NC(=NC)NCc2cccnc2OCCOC)C1. The van der Waals surface area contributed by atoms with Crippen LogP contribution in [-0.2, 0) is 22.1 Å². The van der Waals surface area contributed by atoms with Crippen molar-refractivity contribution in [1.29, 1.82) is 0 Å². The third-order valence-electron chi connectivity index (χ3n) is 4.67. The van der Waals surface area contributed by atoms with E-state index in [1.54, 1.807) is 20.4 Å². The number of guanidine groups is 1.